The maximum absolute atomic E-state index is 11.6. The normalized spacial score (nSPS) is 11.3. The fourth-order valence-electron chi connectivity index (χ4n) is 4.45. The first-order valence-corrected chi connectivity index (χ1v) is 12.0. The molecule has 0 saturated carbocycles. The Bertz CT molecular complexity index is 779. The third-order valence-electron chi connectivity index (χ3n) is 6.25. The summed E-state index contributed by atoms with van der Waals surface area (Å²) in [6, 6.07) is 6.13. The van der Waals surface area contributed by atoms with Crippen LogP contribution in [0.1, 0.15) is 95.2 Å². The second-order valence-electron chi connectivity index (χ2n) is 8.63. The number of nitrogens with two attached hydrogens (primary N) is 1. The van der Waals surface area contributed by atoms with Crippen LogP contribution in [0, 0.1) is 6.92 Å². The molecular formula is C26H42N2O2. The van der Waals surface area contributed by atoms with Gasteiger partial charge >= 0.3 is 0 Å². The molecular weight excluding hydrogens is 372 g/mol. The van der Waals surface area contributed by atoms with Gasteiger partial charge in [0.1, 0.15) is 5.75 Å². The van der Waals surface area contributed by atoms with Gasteiger partial charge in [-0.05, 0) is 37.1 Å². The second kappa shape index (κ2) is 13.4. The third kappa shape index (κ3) is 7.37. The van der Waals surface area contributed by atoms with E-state index in [0.717, 1.165) is 28.9 Å². The van der Waals surface area contributed by atoms with Crippen LogP contribution in [0.4, 0.5) is 0 Å². The predicted molar refractivity (Wildman–Crippen MR) is 127 cm³/mol. The zero-order valence-corrected chi connectivity index (χ0v) is 19.5. The lowest BCUT2D eigenvalue weighted by Gasteiger charge is -2.09. The molecule has 0 aliphatic carbocycles. The van der Waals surface area contributed by atoms with Crippen LogP contribution in [-0.4, -0.2) is 17.6 Å². The van der Waals surface area contributed by atoms with E-state index in [1.165, 1.54) is 82.6 Å². The molecule has 30 heavy (non-hydrogen) atoms. The van der Waals surface area contributed by atoms with Crippen molar-refractivity contribution in [2.75, 3.05) is 7.11 Å². The van der Waals surface area contributed by atoms with Gasteiger partial charge in [-0.3, -0.25) is 4.79 Å². The lowest BCUT2D eigenvalue weighted by atomic mass is 10.1. The summed E-state index contributed by atoms with van der Waals surface area (Å²) in [5.74, 6) is 0.529. The number of nitrogens with zero attached hydrogens (tertiary/aromatic N) is 1. The van der Waals surface area contributed by atoms with Crippen molar-refractivity contribution in [3.05, 3.63) is 29.5 Å². The van der Waals surface area contributed by atoms with Crippen molar-refractivity contribution in [1.82, 2.24) is 4.57 Å². The molecule has 4 heteroatoms. The molecule has 0 radical (unpaired) electrons. The quantitative estimate of drug-likeness (QED) is 0.311. The van der Waals surface area contributed by atoms with Crippen LogP contribution in [0.3, 0.4) is 0 Å². The third-order valence-corrected chi connectivity index (χ3v) is 6.25. The number of primary amides is 1. The van der Waals surface area contributed by atoms with Gasteiger partial charge in [0.2, 0.25) is 5.91 Å². The van der Waals surface area contributed by atoms with Gasteiger partial charge in [0.25, 0.3) is 0 Å². The Balaban J connectivity index is 1.78. The van der Waals surface area contributed by atoms with Gasteiger partial charge in [-0.2, -0.15) is 0 Å². The number of aromatic nitrogens is 1. The van der Waals surface area contributed by atoms with Gasteiger partial charge in [-0.1, -0.05) is 77.6 Å². The van der Waals surface area contributed by atoms with Crippen molar-refractivity contribution in [3.63, 3.8) is 0 Å². The molecule has 0 saturated heterocycles. The Hall–Kier alpha value is -1.97. The van der Waals surface area contributed by atoms with Crippen molar-refractivity contribution in [3.8, 4) is 5.75 Å². The van der Waals surface area contributed by atoms with E-state index in [9.17, 15) is 4.79 Å². The standard InChI is InChI=1S/C26H42N2O2/c1-4-5-6-7-8-9-10-11-12-13-14-15-18-28-21(2)23(20-26(27)29)24-19-22(30-3)16-17-25(24)28/h16-17,19H,4-15,18,20H2,1-3H3,(H2,27,29). The number of amides is 1. The monoisotopic (exact) mass is 414 g/mol. The number of rotatable bonds is 16. The van der Waals surface area contributed by atoms with E-state index < -0.39 is 0 Å². The maximum atomic E-state index is 11.6. The summed E-state index contributed by atoms with van der Waals surface area (Å²) < 4.78 is 7.73. The smallest absolute Gasteiger partial charge is 0.221 e. The largest absolute Gasteiger partial charge is 0.497 e. The van der Waals surface area contributed by atoms with Gasteiger partial charge in [-0.25, -0.2) is 0 Å². The highest BCUT2D eigenvalue weighted by molar-refractivity contribution is 5.91. The van der Waals surface area contributed by atoms with Crippen LogP contribution >= 0.6 is 0 Å². The molecule has 0 unspecified atom stereocenters. The molecule has 0 spiro atoms. The topological polar surface area (TPSA) is 57.2 Å². The number of fused-ring (bicyclic) bond motifs is 1. The molecule has 1 aromatic carbocycles. The Morgan fingerprint density at radius 3 is 2.03 bits per heavy atom. The molecule has 0 atom stereocenters. The lowest BCUT2D eigenvalue weighted by molar-refractivity contribution is -0.117. The number of carbonyl (C=O) groups is 1. The summed E-state index contributed by atoms with van der Waals surface area (Å²) in [6.07, 6.45) is 16.5. The zero-order chi connectivity index (χ0) is 21.8. The highest BCUT2D eigenvalue weighted by Crippen LogP contribution is 2.30. The minimum Gasteiger partial charge on any atom is -0.497 e. The second-order valence-corrected chi connectivity index (χ2v) is 8.63. The highest BCUT2D eigenvalue weighted by atomic mass is 16.5. The lowest BCUT2D eigenvalue weighted by Crippen LogP contribution is -2.14. The molecule has 4 nitrogen and oxygen atoms in total. The molecule has 1 heterocycles. The van der Waals surface area contributed by atoms with E-state index in [4.69, 9.17) is 10.5 Å². The van der Waals surface area contributed by atoms with E-state index in [1.807, 2.05) is 12.1 Å². The van der Waals surface area contributed by atoms with E-state index in [0.29, 0.717) is 0 Å². The summed E-state index contributed by atoms with van der Waals surface area (Å²) in [5.41, 5.74) is 8.87. The SMILES string of the molecule is CCCCCCCCCCCCCCn1c(C)c(CC(N)=O)c2cc(OC)ccc21. The Kier molecular flexibility index (Phi) is 10.8. The van der Waals surface area contributed by atoms with Crippen molar-refractivity contribution in [2.24, 2.45) is 5.73 Å². The molecule has 2 aromatic rings. The number of benzene rings is 1. The van der Waals surface area contributed by atoms with E-state index in [2.05, 4.69) is 24.5 Å². The molecule has 168 valence electrons. The predicted octanol–water partition coefficient (Wildman–Crippen LogP) is 6.69. The Morgan fingerprint density at radius 1 is 0.933 bits per heavy atom. The molecule has 2 rings (SSSR count). The van der Waals surface area contributed by atoms with Gasteiger partial charge in [-0.15, -0.1) is 0 Å². The summed E-state index contributed by atoms with van der Waals surface area (Å²) in [6.45, 7) is 5.37. The molecule has 0 aliphatic heterocycles. The molecule has 0 aliphatic rings. The summed E-state index contributed by atoms with van der Waals surface area (Å²) in [7, 11) is 1.67. The van der Waals surface area contributed by atoms with Gasteiger partial charge in [0.05, 0.1) is 13.5 Å². The van der Waals surface area contributed by atoms with Crippen molar-refractivity contribution in [2.45, 2.75) is 104 Å². The van der Waals surface area contributed by atoms with Crippen LogP contribution in [0.5, 0.6) is 5.75 Å². The fourth-order valence-corrected chi connectivity index (χ4v) is 4.45. The van der Waals surface area contributed by atoms with E-state index >= 15 is 0 Å². The minimum atomic E-state index is -0.287. The van der Waals surface area contributed by atoms with Crippen molar-refractivity contribution in [1.29, 1.82) is 0 Å². The first-order valence-electron chi connectivity index (χ1n) is 12.0. The van der Waals surface area contributed by atoms with Gasteiger partial charge in [0.15, 0.2) is 0 Å². The first-order chi connectivity index (χ1) is 14.6. The van der Waals surface area contributed by atoms with E-state index in [1.54, 1.807) is 7.11 Å². The van der Waals surface area contributed by atoms with Crippen LogP contribution < -0.4 is 10.5 Å². The minimum absolute atomic E-state index is 0.279. The Morgan fingerprint density at radius 2 is 1.50 bits per heavy atom. The summed E-state index contributed by atoms with van der Waals surface area (Å²) >= 11 is 0. The van der Waals surface area contributed by atoms with Crippen LogP contribution in [0.25, 0.3) is 10.9 Å². The zero-order valence-electron chi connectivity index (χ0n) is 19.5. The number of hydrogen-bond acceptors (Lipinski definition) is 2. The summed E-state index contributed by atoms with van der Waals surface area (Å²) in [4.78, 5) is 11.6. The van der Waals surface area contributed by atoms with E-state index in [-0.39, 0.29) is 12.3 Å². The molecule has 1 aromatic heterocycles. The van der Waals surface area contributed by atoms with Crippen molar-refractivity contribution < 1.29 is 9.53 Å². The number of hydrogen-bond donors (Lipinski definition) is 1. The van der Waals surface area contributed by atoms with Crippen LogP contribution in [0.15, 0.2) is 18.2 Å². The molecule has 2 N–H and O–H groups in total. The average Bonchev–Trinajstić information content (AvgIpc) is 2.99. The number of methoxy groups -OCH3 is 1. The Labute approximate surface area is 183 Å². The number of aryl methyl sites for hydroxylation is 1. The average molecular weight is 415 g/mol. The first kappa shape index (κ1) is 24.3. The van der Waals surface area contributed by atoms with Crippen LogP contribution in [-0.2, 0) is 17.8 Å². The highest BCUT2D eigenvalue weighted by Gasteiger charge is 2.16. The number of unbranched alkanes of at least 4 members (excludes halogenated alkanes) is 11. The maximum Gasteiger partial charge on any atom is 0.221 e. The molecule has 1 amide bonds. The number of ether oxygens (including phenoxy) is 1. The molecule has 0 fully saturated rings. The fraction of sp³-hybridized carbons (Fsp3) is 0.654. The molecule has 0 bridgehead atoms. The summed E-state index contributed by atoms with van der Waals surface area (Å²) in [5, 5.41) is 1.09. The number of carbonyl (C=O) groups excluding carboxylic acids is 1. The van der Waals surface area contributed by atoms with Gasteiger partial charge < -0.3 is 15.0 Å². The van der Waals surface area contributed by atoms with Crippen LogP contribution in [0.2, 0.25) is 0 Å². The van der Waals surface area contributed by atoms with Gasteiger partial charge in [0, 0.05) is 23.1 Å². The van der Waals surface area contributed by atoms with Crippen molar-refractivity contribution >= 4 is 16.8 Å².